The summed E-state index contributed by atoms with van der Waals surface area (Å²) in [5.41, 5.74) is 5.39. The van der Waals surface area contributed by atoms with Crippen molar-refractivity contribution in [2.45, 2.75) is 12.8 Å². The molecule has 3 rings (SSSR count). The lowest BCUT2D eigenvalue weighted by atomic mass is 10.2. The monoisotopic (exact) mass is 481 g/mol. The molecule has 3 N–H and O–H groups in total. The van der Waals surface area contributed by atoms with E-state index < -0.39 is 11.8 Å². The van der Waals surface area contributed by atoms with Gasteiger partial charge in [0.05, 0.1) is 10.7 Å². The first-order valence-corrected chi connectivity index (χ1v) is 10.9. The van der Waals surface area contributed by atoms with Crippen LogP contribution in [-0.2, 0) is 9.59 Å². The van der Waals surface area contributed by atoms with Crippen LogP contribution in [0.1, 0.15) is 23.2 Å². The number of amides is 3. The number of hydrogen-bond donors (Lipinski definition) is 3. The van der Waals surface area contributed by atoms with E-state index in [9.17, 15) is 14.4 Å². The van der Waals surface area contributed by atoms with Crippen LogP contribution in [0.2, 0.25) is 5.02 Å². The molecule has 9 heteroatoms. The maximum atomic E-state index is 12.3. The second-order valence-corrected chi connectivity index (χ2v) is 7.48. The van der Waals surface area contributed by atoms with Gasteiger partial charge in [0.25, 0.3) is 5.91 Å². The zero-order valence-electron chi connectivity index (χ0n) is 18.3. The zero-order chi connectivity index (χ0) is 24.2. The Kier molecular flexibility index (Phi) is 9.30. The molecule has 0 heterocycles. The fraction of sp³-hybridized carbons (Fsp3) is 0.160. The van der Waals surface area contributed by atoms with Gasteiger partial charge in [-0.2, -0.15) is 0 Å². The first-order valence-electron chi connectivity index (χ1n) is 10.6. The van der Waals surface area contributed by atoms with Crippen LogP contribution in [0.15, 0.2) is 78.9 Å². The van der Waals surface area contributed by atoms with E-state index in [1.54, 1.807) is 48.5 Å². The van der Waals surface area contributed by atoms with E-state index in [-0.39, 0.29) is 18.7 Å². The molecule has 3 aromatic rings. The van der Waals surface area contributed by atoms with E-state index in [1.807, 2.05) is 30.3 Å². The van der Waals surface area contributed by atoms with Crippen molar-refractivity contribution in [1.29, 1.82) is 0 Å². The first-order chi connectivity index (χ1) is 16.5. The van der Waals surface area contributed by atoms with Crippen molar-refractivity contribution < 1.29 is 23.9 Å². The third kappa shape index (κ3) is 8.14. The number of nitrogens with one attached hydrogen (secondary N) is 3. The number of para-hydroxylation sites is 2. The molecule has 3 amide bonds. The average molecular weight is 482 g/mol. The van der Waals surface area contributed by atoms with Gasteiger partial charge in [-0.3, -0.25) is 25.2 Å². The minimum Gasteiger partial charge on any atom is -0.490 e. The van der Waals surface area contributed by atoms with Crippen molar-refractivity contribution in [3.05, 3.63) is 89.4 Å². The highest BCUT2D eigenvalue weighted by molar-refractivity contribution is 6.33. The van der Waals surface area contributed by atoms with Crippen molar-refractivity contribution in [2.75, 3.05) is 18.5 Å². The number of carbonyl (C=O) groups is 3. The van der Waals surface area contributed by atoms with Gasteiger partial charge in [0, 0.05) is 18.4 Å². The molecule has 3 aromatic carbocycles. The highest BCUT2D eigenvalue weighted by Gasteiger charge is 2.11. The predicted molar refractivity (Wildman–Crippen MR) is 129 cm³/mol. The summed E-state index contributed by atoms with van der Waals surface area (Å²) >= 11 is 5.99. The van der Waals surface area contributed by atoms with Crippen LogP contribution in [0.5, 0.6) is 11.5 Å². The van der Waals surface area contributed by atoms with Crippen LogP contribution in [0, 0.1) is 0 Å². The molecule has 34 heavy (non-hydrogen) atoms. The lowest BCUT2D eigenvalue weighted by Crippen LogP contribution is -2.41. The minimum absolute atomic E-state index is 0.0682. The molecule has 0 aromatic heterocycles. The third-order valence-corrected chi connectivity index (χ3v) is 4.83. The minimum atomic E-state index is -0.514. The Morgan fingerprint density at radius 2 is 1.35 bits per heavy atom. The quantitative estimate of drug-likeness (QED) is 0.300. The van der Waals surface area contributed by atoms with Crippen LogP contribution >= 0.6 is 11.6 Å². The Bertz CT molecular complexity index is 1120. The lowest BCUT2D eigenvalue weighted by molar-refractivity contribution is -0.124. The van der Waals surface area contributed by atoms with Crippen molar-refractivity contribution >= 4 is 35.0 Å². The van der Waals surface area contributed by atoms with Crippen LogP contribution < -0.4 is 25.6 Å². The molecule has 176 valence electrons. The summed E-state index contributed by atoms with van der Waals surface area (Å²) in [5, 5.41) is 3.04. The molecule has 0 spiro atoms. The van der Waals surface area contributed by atoms with E-state index in [1.165, 1.54) is 0 Å². The van der Waals surface area contributed by atoms with Crippen molar-refractivity contribution in [2.24, 2.45) is 0 Å². The molecule has 8 nitrogen and oxygen atoms in total. The molecule has 0 bridgehead atoms. The Hall–Kier alpha value is -4.04. The number of hydrogen-bond acceptors (Lipinski definition) is 5. The Balaban J connectivity index is 1.37. The van der Waals surface area contributed by atoms with E-state index in [0.29, 0.717) is 35.2 Å². The van der Waals surface area contributed by atoms with Crippen molar-refractivity contribution in [3.63, 3.8) is 0 Å². The van der Waals surface area contributed by atoms with Gasteiger partial charge in [0.2, 0.25) is 11.8 Å². The summed E-state index contributed by atoms with van der Waals surface area (Å²) in [6.07, 6.45) is -0.178. The molecular formula is C25H24ClN3O5. The molecule has 0 saturated carbocycles. The van der Waals surface area contributed by atoms with Gasteiger partial charge in [-0.1, -0.05) is 48.0 Å². The number of anilines is 1. The highest BCUT2D eigenvalue weighted by Crippen LogP contribution is 2.20. The van der Waals surface area contributed by atoms with E-state index in [4.69, 9.17) is 21.1 Å². The van der Waals surface area contributed by atoms with E-state index >= 15 is 0 Å². The second kappa shape index (κ2) is 12.9. The van der Waals surface area contributed by atoms with Crippen LogP contribution in [0.25, 0.3) is 0 Å². The second-order valence-electron chi connectivity index (χ2n) is 7.07. The normalized spacial score (nSPS) is 10.1. The van der Waals surface area contributed by atoms with Gasteiger partial charge >= 0.3 is 0 Å². The number of hydrazine groups is 1. The number of halogens is 1. The SMILES string of the molecule is O=C(CCC(=O)Nc1ccccc1Cl)NNC(=O)c1cccc(OCCOc2ccccc2)c1. The molecule has 0 unspecified atom stereocenters. The van der Waals surface area contributed by atoms with Crippen molar-refractivity contribution in [3.8, 4) is 11.5 Å². The van der Waals surface area contributed by atoms with Crippen LogP contribution in [0.3, 0.4) is 0 Å². The Morgan fingerprint density at radius 1 is 0.706 bits per heavy atom. The maximum Gasteiger partial charge on any atom is 0.269 e. The van der Waals surface area contributed by atoms with Gasteiger partial charge in [-0.25, -0.2) is 0 Å². The summed E-state index contributed by atoms with van der Waals surface area (Å²) in [7, 11) is 0. The molecule has 0 radical (unpaired) electrons. The topological polar surface area (TPSA) is 106 Å². The smallest absolute Gasteiger partial charge is 0.269 e. The number of carbonyl (C=O) groups excluding carboxylic acids is 3. The number of ether oxygens (including phenoxy) is 2. The van der Waals surface area contributed by atoms with Gasteiger partial charge in [-0.15, -0.1) is 0 Å². The summed E-state index contributed by atoms with van der Waals surface area (Å²) in [6.45, 7) is 0.646. The predicted octanol–water partition coefficient (Wildman–Crippen LogP) is 3.98. The zero-order valence-corrected chi connectivity index (χ0v) is 19.0. The van der Waals surface area contributed by atoms with Crippen LogP contribution in [0.4, 0.5) is 5.69 Å². The summed E-state index contributed by atoms with van der Waals surface area (Å²) in [6, 6.07) is 22.7. The van der Waals surface area contributed by atoms with Crippen molar-refractivity contribution in [1.82, 2.24) is 10.9 Å². The standard InChI is InChI=1S/C25H24ClN3O5/c26-21-11-4-5-12-22(21)27-23(30)13-14-24(31)28-29-25(32)18-7-6-10-20(17-18)34-16-15-33-19-8-2-1-3-9-19/h1-12,17H,13-16H2,(H,27,30)(H,28,31)(H,29,32). The molecule has 0 saturated heterocycles. The van der Waals surface area contributed by atoms with Crippen LogP contribution in [-0.4, -0.2) is 30.9 Å². The Morgan fingerprint density at radius 3 is 2.12 bits per heavy atom. The number of rotatable bonds is 10. The summed E-state index contributed by atoms with van der Waals surface area (Å²) in [5.74, 6) is -0.146. The molecule has 0 aliphatic heterocycles. The third-order valence-electron chi connectivity index (χ3n) is 4.50. The molecule has 0 fully saturated rings. The number of benzene rings is 3. The van der Waals surface area contributed by atoms with E-state index in [0.717, 1.165) is 5.75 Å². The highest BCUT2D eigenvalue weighted by atomic mass is 35.5. The summed E-state index contributed by atoms with van der Waals surface area (Å²) in [4.78, 5) is 36.3. The van der Waals surface area contributed by atoms with Gasteiger partial charge < -0.3 is 14.8 Å². The van der Waals surface area contributed by atoms with Gasteiger partial charge in [0.15, 0.2) is 0 Å². The first kappa shape index (κ1) is 24.6. The van der Waals surface area contributed by atoms with Gasteiger partial charge in [0.1, 0.15) is 24.7 Å². The Labute approximate surface area is 202 Å². The molecule has 0 aliphatic carbocycles. The largest absolute Gasteiger partial charge is 0.490 e. The molecular weight excluding hydrogens is 458 g/mol. The lowest BCUT2D eigenvalue weighted by Gasteiger charge is -2.10. The maximum absolute atomic E-state index is 12.3. The molecule has 0 atom stereocenters. The fourth-order valence-corrected chi connectivity index (χ4v) is 3.01. The van der Waals surface area contributed by atoms with Gasteiger partial charge in [-0.05, 0) is 42.5 Å². The molecule has 0 aliphatic rings. The average Bonchev–Trinajstić information content (AvgIpc) is 2.86. The van der Waals surface area contributed by atoms with E-state index in [2.05, 4.69) is 16.2 Å². The fourth-order valence-electron chi connectivity index (χ4n) is 2.83. The summed E-state index contributed by atoms with van der Waals surface area (Å²) < 4.78 is 11.2.